The number of nitrogens with zero attached hydrogens (tertiary/aromatic N) is 6. The van der Waals surface area contributed by atoms with Crippen molar-refractivity contribution in [3.63, 3.8) is 0 Å². The number of hydrogen-bond acceptors (Lipinski definition) is 5. The van der Waals surface area contributed by atoms with Gasteiger partial charge in [-0.1, -0.05) is 0 Å². The van der Waals surface area contributed by atoms with E-state index in [4.69, 9.17) is 0 Å². The Balaban J connectivity index is 1.64. The minimum atomic E-state index is -0.0160. The molecule has 3 heterocycles. The molecule has 0 N–H and O–H groups in total. The van der Waals surface area contributed by atoms with Crippen LogP contribution in [0.2, 0.25) is 0 Å². The van der Waals surface area contributed by atoms with E-state index in [0.29, 0.717) is 24.7 Å². The molecular formula is C20H30N6O. The summed E-state index contributed by atoms with van der Waals surface area (Å²) >= 11 is 0. The van der Waals surface area contributed by atoms with E-state index < -0.39 is 0 Å². The number of amides is 1. The molecule has 1 atom stereocenters. The van der Waals surface area contributed by atoms with E-state index in [1.807, 2.05) is 36.9 Å². The maximum atomic E-state index is 12.8. The van der Waals surface area contributed by atoms with Crippen LogP contribution >= 0.6 is 0 Å². The summed E-state index contributed by atoms with van der Waals surface area (Å²) in [6, 6.07) is 4.39. The van der Waals surface area contributed by atoms with Crippen LogP contribution in [0.15, 0.2) is 30.7 Å². The Morgan fingerprint density at radius 3 is 2.67 bits per heavy atom. The maximum absolute atomic E-state index is 12.8. The average Bonchev–Trinajstić information content (AvgIpc) is 3.27. The summed E-state index contributed by atoms with van der Waals surface area (Å²) in [5.41, 5.74) is 0.612. The van der Waals surface area contributed by atoms with Gasteiger partial charge in [-0.3, -0.25) is 4.79 Å². The predicted molar refractivity (Wildman–Crippen MR) is 107 cm³/mol. The molecule has 0 unspecified atom stereocenters. The van der Waals surface area contributed by atoms with E-state index in [1.165, 1.54) is 19.4 Å². The first-order chi connectivity index (χ1) is 13.0. The molecule has 1 saturated heterocycles. The standard InChI is InChI=1S/C20H30N6O/c1-5-26(15-19-21-10-12-24(19)3)20(27)16-8-9-18(22-13-16)25(4)14-17-7-6-11-23(17)2/h8-10,12-13,17H,5-7,11,14-15H2,1-4H3/t17-/m1/s1. The fourth-order valence-corrected chi connectivity index (χ4v) is 3.59. The highest BCUT2D eigenvalue weighted by molar-refractivity contribution is 5.94. The van der Waals surface area contributed by atoms with Crippen LogP contribution < -0.4 is 4.90 Å². The lowest BCUT2D eigenvalue weighted by atomic mass is 10.2. The van der Waals surface area contributed by atoms with E-state index in [9.17, 15) is 4.79 Å². The van der Waals surface area contributed by atoms with Crippen molar-refractivity contribution in [3.05, 3.63) is 42.1 Å². The van der Waals surface area contributed by atoms with E-state index in [0.717, 1.165) is 18.2 Å². The smallest absolute Gasteiger partial charge is 0.255 e. The lowest BCUT2D eigenvalue weighted by Crippen LogP contribution is -2.37. The van der Waals surface area contributed by atoms with Crippen LogP contribution in [0.3, 0.4) is 0 Å². The van der Waals surface area contributed by atoms with Gasteiger partial charge in [-0.15, -0.1) is 0 Å². The first-order valence-corrected chi connectivity index (χ1v) is 9.62. The summed E-state index contributed by atoms with van der Waals surface area (Å²) in [6.45, 7) is 5.23. The van der Waals surface area contributed by atoms with E-state index >= 15 is 0 Å². The number of aromatic nitrogens is 3. The number of likely N-dealkylation sites (tertiary alicyclic amines) is 1. The molecule has 1 aliphatic heterocycles. The van der Waals surface area contributed by atoms with Crippen molar-refractivity contribution in [1.82, 2.24) is 24.3 Å². The van der Waals surface area contributed by atoms with Crippen LogP contribution in [-0.2, 0) is 13.6 Å². The second kappa shape index (κ2) is 8.52. The molecule has 3 rings (SSSR count). The molecule has 2 aromatic rings. The van der Waals surface area contributed by atoms with Crippen LogP contribution in [0, 0.1) is 0 Å². The fourth-order valence-electron chi connectivity index (χ4n) is 3.59. The molecule has 0 saturated carbocycles. The van der Waals surface area contributed by atoms with Gasteiger partial charge in [0.25, 0.3) is 5.91 Å². The number of pyridine rings is 1. The van der Waals surface area contributed by atoms with E-state index in [-0.39, 0.29) is 5.91 Å². The van der Waals surface area contributed by atoms with E-state index in [2.05, 4.69) is 33.9 Å². The van der Waals surface area contributed by atoms with Gasteiger partial charge in [-0.25, -0.2) is 9.97 Å². The summed E-state index contributed by atoms with van der Waals surface area (Å²) in [4.78, 5) is 28.1. The largest absolute Gasteiger partial charge is 0.358 e. The zero-order chi connectivity index (χ0) is 19.4. The van der Waals surface area contributed by atoms with Crippen molar-refractivity contribution >= 4 is 11.7 Å². The molecule has 0 bridgehead atoms. The molecule has 0 radical (unpaired) electrons. The number of carbonyl (C=O) groups excluding carboxylic acids is 1. The van der Waals surface area contributed by atoms with Crippen molar-refractivity contribution in [1.29, 1.82) is 0 Å². The highest BCUT2D eigenvalue weighted by Gasteiger charge is 2.23. The molecule has 1 amide bonds. The summed E-state index contributed by atoms with van der Waals surface area (Å²) in [5.74, 6) is 1.76. The Morgan fingerprint density at radius 2 is 2.11 bits per heavy atom. The maximum Gasteiger partial charge on any atom is 0.255 e. The fraction of sp³-hybridized carbons (Fsp3) is 0.550. The second-order valence-corrected chi connectivity index (χ2v) is 7.34. The third-order valence-corrected chi connectivity index (χ3v) is 5.46. The van der Waals surface area contributed by atoms with Crippen LogP contribution in [0.5, 0.6) is 0 Å². The highest BCUT2D eigenvalue weighted by atomic mass is 16.2. The molecule has 7 nitrogen and oxygen atoms in total. The van der Waals surface area contributed by atoms with Gasteiger partial charge in [-0.05, 0) is 45.5 Å². The molecule has 1 aliphatic rings. The zero-order valence-corrected chi connectivity index (χ0v) is 16.8. The van der Waals surface area contributed by atoms with Crippen LogP contribution in [0.4, 0.5) is 5.82 Å². The lowest BCUT2D eigenvalue weighted by Gasteiger charge is -2.26. The van der Waals surface area contributed by atoms with E-state index in [1.54, 1.807) is 17.3 Å². The van der Waals surface area contributed by atoms with Crippen LogP contribution in [0.1, 0.15) is 35.9 Å². The Kier molecular flexibility index (Phi) is 6.11. The minimum absolute atomic E-state index is 0.0160. The third kappa shape index (κ3) is 4.47. The first kappa shape index (κ1) is 19.4. The SMILES string of the molecule is CCN(Cc1nccn1C)C(=O)c1ccc(N(C)C[C@H]2CCCN2C)nc1. The lowest BCUT2D eigenvalue weighted by molar-refractivity contribution is 0.0747. The molecule has 0 aliphatic carbocycles. The molecule has 1 fully saturated rings. The molecule has 2 aromatic heterocycles. The second-order valence-electron chi connectivity index (χ2n) is 7.34. The molecule has 27 heavy (non-hydrogen) atoms. The monoisotopic (exact) mass is 370 g/mol. The van der Waals surface area contributed by atoms with Gasteiger partial charge in [0.2, 0.25) is 0 Å². The third-order valence-electron chi connectivity index (χ3n) is 5.46. The van der Waals surface area contributed by atoms with Gasteiger partial charge < -0.3 is 19.3 Å². The quantitative estimate of drug-likeness (QED) is 0.746. The number of likely N-dealkylation sites (N-methyl/N-ethyl adjacent to an activating group) is 2. The van der Waals surface area contributed by atoms with Gasteiger partial charge in [-0.2, -0.15) is 0 Å². The van der Waals surface area contributed by atoms with Crippen LogP contribution in [-0.4, -0.2) is 70.0 Å². The zero-order valence-electron chi connectivity index (χ0n) is 16.8. The molecule has 0 aromatic carbocycles. The number of hydrogen-bond donors (Lipinski definition) is 0. The summed E-state index contributed by atoms with van der Waals surface area (Å²) < 4.78 is 1.94. The average molecular weight is 371 g/mol. The summed E-state index contributed by atoms with van der Waals surface area (Å²) in [7, 11) is 6.19. The van der Waals surface area contributed by atoms with Crippen molar-refractivity contribution in [2.75, 3.05) is 38.6 Å². The topological polar surface area (TPSA) is 57.5 Å². The number of anilines is 1. The molecule has 7 heteroatoms. The Hall–Kier alpha value is -2.41. The van der Waals surface area contributed by atoms with Crippen molar-refractivity contribution in [2.24, 2.45) is 7.05 Å². The normalized spacial score (nSPS) is 17.3. The Labute approximate surface area is 161 Å². The van der Waals surface area contributed by atoms with Gasteiger partial charge in [0, 0.05) is 51.8 Å². The highest BCUT2D eigenvalue weighted by Crippen LogP contribution is 2.19. The summed E-state index contributed by atoms with van der Waals surface area (Å²) in [6.07, 6.45) is 7.83. The Morgan fingerprint density at radius 1 is 1.30 bits per heavy atom. The van der Waals surface area contributed by atoms with Crippen molar-refractivity contribution in [3.8, 4) is 0 Å². The Bertz CT molecular complexity index is 756. The number of imidazole rings is 1. The number of carbonyl (C=O) groups is 1. The van der Waals surface area contributed by atoms with Crippen molar-refractivity contribution in [2.45, 2.75) is 32.4 Å². The van der Waals surface area contributed by atoms with Crippen LogP contribution in [0.25, 0.3) is 0 Å². The van der Waals surface area contributed by atoms with Gasteiger partial charge in [0.1, 0.15) is 11.6 Å². The summed E-state index contributed by atoms with van der Waals surface area (Å²) in [5, 5.41) is 0. The number of rotatable bonds is 7. The van der Waals surface area contributed by atoms with Gasteiger partial charge >= 0.3 is 0 Å². The minimum Gasteiger partial charge on any atom is -0.358 e. The predicted octanol–water partition coefficient (Wildman–Crippen LogP) is 2.01. The van der Waals surface area contributed by atoms with Gasteiger partial charge in [0.05, 0.1) is 12.1 Å². The molecular weight excluding hydrogens is 340 g/mol. The molecule has 0 spiro atoms. The molecule has 146 valence electrons. The number of aryl methyl sites for hydroxylation is 1. The first-order valence-electron chi connectivity index (χ1n) is 9.62. The van der Waals surface area contributed by atoms with Gasteiger partial charge in [0.15, 0.2) is 0 Å². The van der Waals surface area contributed by atoms with Crippen molar-refractivity contribution < 1.29 is 4.79 Å².